The number of nitrogens with one attached hydrogen (secondary N) is 1. The zero-order valence-corrected chi connectivity index (χ0v) is 11.5. The summed E-state index contributed by atoms with van der Waals surface area (Å²) in [6.45, 7) is 8.38. The van der Waals surface area contributed by atoms with Crippen LogP contribution in [0, 0.1) is 5.41 Å². The Hall–Kier alpha value is -0.320. The fourth-order valence-corrected chi connectivity index (χ4v) is 2.54. The number of nitrogens with zero attached hydrogens (tertiary/aromatic N) is 1. The normalized spacial score (nSPS) is 28.4. The molecule has 0 radical (unpaired) electrons. The van der Waals surface area contributed by atoms with Crippen LogP contribution in [0.15, 0.2) is 0 Å². The molecular formula is C12H23ClN2O2. The number of halogens is 1. The van der Waals surface area contributed by atoms with Gasteiger partial charge in [-0.3, -0.25) is 4.79 Å². The molecule has 100 valence electrons. The topological polar surface area (TPSA) is 41.6 Å². The maximum atomic E-state index is 12.2. The Kier molecular flexibility index (Phi) is 5.22. The summed E-state index contributed by atoms with van der Waals surface area (Å²) in [5.41, 5.74) is 0.260. The van der Waals surface area contributed by atoms with Crippen LogP contribution in [0.5, 0.6) is 0 Å². The Morgan fingerprint density at radius 1 is 1.47 bits per heavy atom. The summed E-state index contributed by atoms with van der Waals surface area (Å²) in [6, 6.07) is 0. The summed E-state index contributed by atoms with van der Waals surface area (Å²) in [5.74, 6) is 0.167. The van der Waals surface area contributed by atoms with E-state index in [1.807, 2.05) is 4.90 Å². The van der Waals surface area contributed by atoms with Crippen molar-refractivity contribution in [2.45, 2.75) is 32.8 Å². The van der Waals surface area contributed by atoms with Crippen molar-refractivity contribution in [1.29, 1.82) is 0 Å². The second-order valence-corrected chi connectivity index (χ2v) is 5.59. The molecule has 2 rings (SSSR count). The molecule has 1 amide bonds. The lowest BCUT2D eigenvalue weighted by Crippen LogP contribution is -2.53. The molecule has 0 spiro atoms. The molecule has 1 unspecified atom stereocenters. The van der Waals surface area contributed by atoms with Crippen LogP contribution in [0.3, 0.4) is 0 Å². The molecule has 2 aliphatic heterocycles. The first-order valence-electron chi connectivity index (χ1n) is 6.20. The van der Waals surface area contributed by atoms with Crippen LogP contribution in [0.4, 0.5) is 0 Å². The average molecular weight is 263 g/mol. The van der Waals surface area contributed by atoms with Gasteiger partial charge in [0.1, 0.15) is 6.10 Å². The second kappa shape index (κ2) is 6.03. The molecule has 1 atom stereocenters. The number of rotatable bonds is 1. The van der Waals surface area contributed by atoms with Gasteiger partial charge in [-0.2, -0.15) is 0 Å². The van der Waals surface area contributed by atoms with Gasteiger partial charge in [-0.1, -0.05) is 13.8 Å². The van der Waals surface area contributed by atoms with E-state index in [0.717, 1.165) is 26.1 Å². The van der Waals surface area contributed by atoms with E-state index >= 15 is 0 Å². The molecule has 0 aromatic rings. The minimum absolute atomic E-state index is 0. The molecular weight excluding hydrogens is 240 g/mol. The molecule has 2 heterocycles. The Balaban J connectivity index is 0.00000144. The highest BCUT2D eigenvalue weighted by molar-refractivity contribution is 5.85. The predicted octanol–water partition coefficient (Wildman–Crippen LogP) is 1.05. The second-order valence-electron chi connectivity index (χ2n) is 5.59. The molecule has 2 aliphatic rings. The maximum absolute atomic E-state index is 12.2. The van der Waals surface area contributed by atoms with E-state index < -0.39 is 0 Å². The van der Waals surface area contributed by atoms with E-state index in [2.05, 4.69) is 19.2 Å². The van der Waals surface area contributed by atoms with Crippen LogP contribution in [0.1, 0.15) is 26.7 Å². The molecule has 0 aromatic heterocycles. The first-order chi connectivity index (χ1) is 7.58. The van der Waals surface area contributed by atoms with E-state index in [1.165, 1.54) is 6.42 Å². The summed E-state index contributed by atoms with van der Waals surface area (Å²) in [6.07, 6.45) is 2.06. The highest BCUT2D eigenvalue weighted by atomic mass is 35.5. The zero-order valence-electron chi connectivity index (χ0n) is 10.7. The number of carbonyl (C=O) groups excluding carboxylic acids is 1. The van der Waals surface area contributed by atoms with Crippen LogP contribution in [-0.2, 0) is 9.53 Å². The van der Waals surface area contributed by atoms with Gasteiger partial charge in [0.2, 0.25) is 0 Å². The number of likely N-dealkylation sites (tertiary alicyclic amines) is 1. The first kappa shape index (κ1) is 14.7. The van der Waals surface area contributed by atoms with Crippen LogP contribution >= 0.6 is 12.4 Å². The molecule has 2 fully saturated rings. The van der Waals surface area contributed by atoms with Gasteiger partial charge in [0.25, 0.3) is 5.91 Å². The molecule has 4 nitrogen and oxygen atoms in total. The Bertz CT molecular complexity index is 265. The van der Waals surface area contributed by atoms with Gasteiger partial charge in [-0.05, 0) is 18.3 Å². The van der Waals surface area contributed by atoms with Crippen molar-refractivity contribution in [1.82, 2.24) is 10.2 Å². The number of hydrogen-bond donors (Lipinski definition) is 1. The minimum Gasteiger partial charge on any atom is -0.366 e. The van der Waals surface area contributed by atoms with Crippen molar-refractivity contribution >= 4 is 18.3 Å². The van der Waals surface area contributed by atoms with Gasteiger partial charge in [0.05, 0.1) is 6.61 Å². The quantitative estimate of drug-likeness (QED) is 0.768. The third kappa shape index (κ3) is 3.83. The van der Waals surface area contributed by atoms with E-state index in [4.69, 9.17) is 4.74 Å². The first-order valence-corrected chi connectivity index (χ1v) is 6.20. The lowest BCUT2D eigenvalue weighted by atomic mass is 9.84. The molecule has 17 heavy (non-hydrogen) atoms. The Morgan fingerprint density at radius 2 is 2.24 bits per heavy atom. The predicted molar refractivity (Wildman–Crippen MR) is 69.5 cm³/mol. The van der Waals surface area contributed by atoms with Gasteiger partial charge in [0, 0.05) is 26.2 Å². The molecule has 0 bridgehead atoms. The van der Waals surface area contributed by atoms with Crippen LogP contribution in [-0.4, -0.2) is 49.7 Å². The van der Waals surface area contributed by atoms with Gasteiger partial charge >= 0.3 is 0 Å². The van der Waals surface area contributed by atoms with Crippen LogP contribution in [0.25, 0.3) is 0 Å². The molecule has 2 saturated heterocycles. The highest BCUT2D eigenvalue weighted by Crippen LogP contribution is 2.28. The number of carbonyl (C=O) groups is 1. The number of ether oxygens (including phenoxy) is 1. The van der Waals surface area contributed by atoms with Gasteiger partial charge in [0.15, 0.2) is 0 Å². The summed E-state index contributed by atoms with van der Waals surface area (Å²) in [4.78, 5) is 14.2. The standard InChI is InChI=1S/C12H22N2O2.ClH/c1-12(2)4-3-6-14(9-12)11(15)10-8-13-5-7-16-10;/h10,13H,3-9H2,1-2H3;1H. The number of amides is 1. The average Bonchev–Trinajstić information content (AvgIpc) is 2.28. The van der Waals surface area contributed by atoms with Crippen molar-refractivity contribution in [2.24, 2.45) is 5.41 Å². The van der Waals surface area contributed by atoms with Gasteiger partial charge in [-0.15, -0.1) is 12.4 Å². The fraction of sp³-hybridized carbons (Fsp3) is 0.917. The summed E-state index contributed by atoms with van der Waals surface area (Å²) < 4.78 is 5.51. The maximum Gasteiger partial charge on any atom is 0.253 e. The van der Waals surface area contributed by atoms with Crippen molar-refractivity contribution in [3.63, 3.8) is 0 Å². The Morgan fingerprint density at radius 3 is 2.82 bits per heavy atom. The Labute approximate surface area is 109 Å². The lowest BCUT2D eigenvalue weighted by molar-refractivity contribution is -0.148. The molecule has 0 aliphatic carbocycles. The summed E-state index contributed by atoms with van der Waals surface area (Å²) in [7, 11) is 0. The minimum atomic E-state index is -0.261. The van der Waals surface area contributed by atoms with Gasteiger partial charge < -0.3 is 15.0 Å². The smallest absolute Gasteiger partial charge is 0.253 e. The van der Waals surface area contributed by atoms with Crippen molar-refractivity contribution in [2.75, 3.05) is 32.8 Å². The van der Waals surface area contributed by atoms with E-state index in [0.29, 0.717) is 13.2 Å². The number of piperidine rings is 1. The third-order valence-electron chi connectivity index (χ3n) is 3.42. The van der Waals surface area contributed by atoms with Crippen molar-refractivity contribution in [3.8, 4) is 0 Å². The number of hydrogen-bond acceptors (Lipinski definition) is 3. The zero-order chi connectivity index (χ0) is 11.6. The third-order valence-corrected chi connectivity index (χ3v) is 3.42. The lowest BCUT2D eigenvalue weighted by Gasteiger charge is -2.40. The van der Waals surface area contributed by atoms with Crippen LogP contribution < -0.4 is 5.32 Å². The number of morpholine rings is 1. The van der Waals surface area contributed by atoms with Crippen molar-refractivity contribution in [3.05, 3.63) is 0 Å². The van der Waals surface area contributed by atoms with Crippen molar-refractivity contribution < 1.29 is 9.53 Å². The molecule has 0 saturated carbocycles. The summed E-state index contributed by atoms with van der Waals surface area (Å²) in [5, 5.41) is 3.20. The largest absolute Gasteiger partial charge is 0.366 e. The fourth-order valence-electron chi connectivity index (χ4n) is 2.54. The molecule has 5 heteroatoms. The summed E-state index contributed by atoms with van der Waals surface area (Å²) >= 11 is 0. The van der Waals surface area contributed by atoms with E-state index in [1.54, 1.807) is 0 Å². The molecule has 1 N–H and O–H groups in total. The molecule has 0 aromatic carbocycles. The van der Waals surface area contributed by atoms with Crippen LogP contribution in [0.2, 0.25) is 0 Å². The SMILES string of the molecule is CC1(C)CCCN(C(=O)C2CNCCO2)C1.Cl. The highest BCUT2D eigenvalue weighted by Gasteiger charge is 2.33. The monoisotopic (exact) mass is 262 g/mol. The van der Waals surface area contributed by atoms with E-state index in [-0.39, 0.29) is 29.8 Å². The van der Waals surface area contributed by atoms with E-state index in [9.17, 15) is 4.79 Å². The van der Waals surface area contributed by atoms with Gasteiger partial charge in [-0.25, -0.2) is 0 Å².